The standard InChI is InChI=1S/C14H8BrClN2O2/c15-11-4-2-1-3-9(11)13-17-14(20-18-13)10-7-8(19)5-6-12(10)16/h1-7,19H. The summed E-state index contributed by atoms with van der Waals surface area (Å²) in [5.41, 5.74) is 1.32. The Morgan fingerprint density at radius 3 is 2.70 bits per heavy atom. The van der Waals surface area contributed by atoms with Crippen molar-refractivity contribution in [2.75, 3.05) is 0 Å². The zero-order valence-electron chi connectivity index (χ0n) is 10.0. The van der Waals surface area contributed by atoms with Gasteiger partial charge in [0.25, 0.3) is 5.89 Å². The lowest BCUT2D eigenvalue weighted by molar-refractivity contribution is 0.431. The van der Waals surface area contributed by atoms with E-state index in [1.807, 2.05) is 24.3 Å². The van der Waals surface area contributed by atoms with E-state index in [0.717, 1.165) is 10.0 Å². The molecular weight excluding hydrogens is 344 g/mol. The molecule has 1 N–H and O–H groups in total. The van der Waals surface area contributed by atoms with Crippen LogP contribution < -0.4 is 0 Å². The van der Waals surface area contributed by atoms with Crippen LogP contribution in [0.2, 0.25) is 5.02 Å². The van der Waals surface area contributed by atoms with Crippen molar-refractivity contribution in [2.45, 2.75) is 0 Å². The fourth-order valence-electron chi connectivity index (χ4n) is 1.76. The van der Waals surface area contributed by atoms with Crippen LogP contribution in [0.1, 0.15) is 0 Å². The molecule has 1 aromatic heterocycles. The van der Waals surface area contributed by atoms with Crippen molar-refractivity contribution >= 4 is 27.5 Å². The molecule has 0 atom stereocenters. The molecule has 0 bridgehead atoms. The van der Waals surface area contributed by atoms with Gasteiger partial charge in [-0.3, -0.25) is 0 Å². The Morgan fingerprint density at radius 1 is 1.10 bits per heavy atom. The summed E-state index contributed by atoms with van der Waals surface area (Å²) in [6.07, 6.45) is 0. The van der Waals surface area contributed by atoms with Gasteiger partial charge < -0.3 is 9.63 Å². The van der Waals surface area contributed by atoms with Gasteiger partial charge in [0.2, 0.25) is 5.82 Å². The summed E-state index contributed by atoms with van der Waals surface area (Å²) in [5.74, 6) is 0.800. The van der Waals surface area contributed by atoms with Crippen LogP contribution in [0.4, 0.5) is 0 Å². The first-order chi connectivity index (χ1) is 9.65. The second-order valence-corrected chi connectivity index (χ2v) is 5.33. The van der Waals surface area contributed by atoms with E-state index in [0.29, 0.717) is 16.4 Å². The number of hydrogen-bond acceptors (Lipinski definition) is 4. The molecule has 0 saturated carbocycles. The number of aromatic nitrogens is 2. The van der Waals surface area contributed by atoms with E-state index >= 15 is 0 Å². The largest absolute Gasteiger partial charge is 0.508 e. The van der Waals surface area contributed by atoms with Crippen LogP contribution >= 0.6 is 27.5 Å². The molecule has 0 aliphatic heterocycles. The minimum atomic E-state index is 0.0880. The minimum Gasteiger partial charge on any atom is -0.508 e. The number of phenols is 1. The summed E-state index contributed by atoms with van der Waals surface area (Å²) < 4.78 is 6.09. The predicted octanol–water partition coefficient (Wildman–Crippen LogP) is 4.53. The van der Waals surface area contributed by atoms with Gasteiger partial charge >= 0.3 is 0 Å². The molecule has 6 heteroatoms. The molecular formula is C14H8BrClN2O2. The maximum Gasteiger partial charge on any atom is 0.259 e. The maximum atomic E-state index is 9.51. The smallest absolute Gasteiger partial charge is 0.259 e. The molecule has 3 rings (SSSR count). The molecule has 0 unspecified atom stereocenters. The normalized spacial score (nSPS) is 10.7. The lowest BCUT2D eigenvalue weighted by Gasteiger charge is -1.99. The molecule has 1 heterocycles. The molecule has 0 radical (unpaired) electrons. The Balaban J connectivity index is 2.07. The van der Waals surface area contributed by atoms with E-state index in [1.54, 1.807) is 6.07 Å². The maximum absolute atomic E-state index is 9.51. The molecule has 3 aromatic rings. The highest BCUT2D eigenvalue weighted by molar-refractivity contribution is 9.10. The Bertz CT molecular complexity index is 773. The van der Waals surface area contributed by atoms with E-state index in [9.17, 15) is 5.11 Å². The van der Waals surface area contributed by atoms with Gasteiger partial charge in [0.15, 0.2) is 0 Å². The van der Waals surface area contributed by atoms with Crippen LogP contribution in [0, 0.1) is 0 Å². The summed E-state index contributed by atoms with van der Waals surface area (Å²) >= 11 is 9.51. The third-order valence-corrected chi connectivity index (χ3v) is 3.74. The van der Waals surface area contributed by atoms with Gasteiger partial charge in [-0.05, 0) is 30.3 Å². The zero-order valence-corrected chi connectivity index (χ0v) is 12.4. The topological polar surface area (TPSA) is 59.2 Å². The number of benzene rings is 2. The van der Waals surface area contributed by atoms with Gasteiger partial charge in [-0.2, -0.15) is 4.98 Å². The van der Waals surface area contributed by atoms with Crippen molar-refractivity contribution < 1.29 is 9.63 Å². The fourth-order valence-corrected chi connectivity index (χ4v) is 2.42. The van der Waals surface area contributed by atoms with E-state index in [-0.39, 0.29) is 11.6 Å². The third-order valence-electron chi connectivity index (χ3n) is 2.72. The van der Waals surface area contributed by atoms with Gasteiger partial charge in [0.1, 0.15) is 5.75 Å². The summed E-state index contributed by atoms with van der Waals surface area (Å²) in [5, 5.41) is 13.9. The molecule has 0 spiro atoms. The van der Waals surface area contributed by atoms with Gasteiger partial charge in [-0.15, -0.1) is 0 Å². The van der Waals surface area contributed by atoms with Crippen molar-refractivity contribution in [1.82, 2.24) is 10.1 Å². The molecule has 0 fully saturated rings. The van der Waals surface area contributed by atoms with Crippen molar-refractivity contribution in [2.24, 2.45) is 0 Å². The van der Waals surface area contributed by atoms with Crippen molar-refractivity contribution in [3.8, 4) is 28.6 Å². The van der Waals surface area contributed by atoms with Gasteiger partial charge in [-0.25, -0.2) is 0 Å². The Morgan fingerprint density at radius 2 is 1.90 bits per heavy atom. The van der Waals surface area contributed by atoms with Gasteiger partial charge in [0.05, 0.1) is 10.6 Å². The van der Waals surface area contributed by atoms with E-state index in [4.69, 9.17) is 16.1 Å². The predicted molar refractivity (Wildman–Crippen MR) is 79.5 cm³/mol. The third kappa shape index (κ3) is 2.42. The highest BCUT2D eigenvalue weighted by Gasteiger charge is 2.15. The lowest BCUT2D eigenvalue weighted by atomic mass is 10.2. The highest BCUT2D eigenvalue weighted by atomic mass is 79.9. The molecule has 100 valence electrons. The van der Waals surface area contributed by atoms with Crippen LogP contribution in [0.25, 0.3) is 22.8 Å². The lowest BCUT2D eigenvalue weighted by Crippen LogP contribution is -1.83. The first kappa shape index (κ1) is 13.1. The van der Waals surface area contributed by atoms with E-state index in [1.165, 1.54) is 12.1 Å². The quantitative estimate of drug-likeness (QED) is 0.737. The number of hydrogen-bond donors (Lipinski definition) is 1. The van der Waals surface area contributed by atoms with Crippen LogP contribution in [0.3, 0.4) is 0 Å². The number of rotatable bonds is 2. The Hall–Kier alpha value is -1.85. The first-order valence-electron chi connectivity index (χ1n) is 5.72. The Labute approximate surface area is 128 Å². The molecule has 4 nitrogen and oxygen atoms in total. The van der Waals surface area contributed by atoms with Crippen molar-refractivity contribution in [1.29, 1.82) is 0 Å². The molecule has 0 saturated heterocycles. The average Bonchev–Trinajstić information content (AvgIpc) is 2.91. The molecule has 0 amide bonds. The average molecular weight is 352 g/mol. The van der Waals surface area contributed by atoms with E-state index in [2.05, 4.69) is 26.1 Å². The minimum absolute atomic E-state index is 0.0880. The van der Waals surface area contributed by atoms with Gasteiger partial charge in [0, 0.05) is 10.0 Å². The number of halogens is 2. The van der Waals surface area contributed by atoms with Crippen LogP contribution in [-0.2, 0) is 0 Å². The summed E-state index contributed by atoms with van der Waals surface area (Å²) in [7, 11) is 0. The summed E-state index contributed by atoms with van der Waals surface area (Å²) in [6, 6.07) is 12.1. The zero-order chi connectivity index (χ0) is 14.1. The van der Waals surface area contributed by atoms with Gasteiger partial charge in [-0.1, -0.05) is 44.8 Å². The highest BCUT2D eigenvalue weighted by Crippen LogP contribution is 2.32. The Kier molecular flexibility index (Phi) is 3.46. The molecule has 2 aromatic carbocycles. The van der Waals surface area contributed by atoms with Crippen molar-refractivity contribution in [3.63, 3.8) is 0 Å². The first-order valence-corrected chi connectivity index (χ1v) is 6.90. The molecule has 20 heavy (non-hydrogen) atoms. The molecule has 0 aliphatic rings. The van der Waals surface area contributed by atoms with Crippen LogP contribution in [0.15, 0.2) is 51.5 Å². The van der Waals surface area contributed by atoms with E-state index < -0.39 is 0 Å². The number of phenolic OH excluding ortho intramolecular Hbond substituents is 1. The summed E-state index contributed by atoms with van der Waals surface area (Å²) in [4.78, 5) is 4.31. The van der Waals surface area contributed by atoms with Crippen LogP contribution in [0.5, 0.6) is 5.75 Å². The molecule has 0 aliphatic carbocycles. The number of nitrogens with zero attached hydrogens (tertiary/aromatic N) is 2. The SMILES string of the molecule is Oc1ccc(Cl)c(-c2nc(-c3ccccc3Br)no2)c1. The van der Waals surface area contributed by atoms with Crippen LogP contribution in [-0.4, -0.2) is 15.2 Å². The number of aromatic hydroxyl groups is 1. The monoisotopic (exact) mass is 350 g/mol. The second kappa shape index (κ2) is 5.26. The van der Waals surface area contributed by atoms with Crippen molar-refractivity contribution in [3.05, 3.63) is 52.0 Å². The second-order valence-electron chi connectivity index (χ2n) is 4.07. The summed E-state index contributed by atoms with van der Waals surface area (Å²) in [6.45, 7) is 0. The fraction of sp³-hybridized carbons (Fsp3) is 0.